The molecule has 27 heavy (non-hydrogen) atoms. The van der Waals surface area contributed by atoms with Crippen LogP contribution in [0.1, 0.15) is 11.1 Å². The molecule has 0 aliphatic rings. The fraction of sp³-hybridized carbons (Fsp3) is 0.0909. The number of nitrogens with zero attached hydrogens (tertiary/aromatic N) is 2. The Kier molecular flexibility index (Phi) is 5.28. The molecule has 4 rings (SSSR count). The first-order chi connectivity index (χ1) is 13.2. The van der Waals surface area contributed by atoms with Crippen molar-refractivity contribution in [3.05, 3.63) is 105 Å². The summed E-state index contributed by atoms with van der Waals surface area (Å²) in [6, 6.07) is 25.2. The highest BCUT2D eigenvalue weighted by atomic mass is 35.5. The lowest BCUT2D eigenvalue weighted by Gasteiger charge is -2.13. The molecule has 0 N–H and O–H groups in total. The van der Waals surface area contributed by atoms with Gasteiger partial charge < -0.3 is 0 Å². The summed E-state index contributed by atoms with van der Waals surface area (Å²) in [6.45, 7) is 0.495. The van der Waals surface area contributed by atoms with E-state index in [1.54, 1.807) is 16.3 Å². The molecule has 0 atom stereocenters. The van der Waals surface area contributed by atoms with Gasteiger partial charge >= 0.3 is 0 Å². The average molecular weight is 393 g/mol. The van der Waals surface area contributed by atoms with E-state index >= 15 is 0 Å². The molecule has 0 fully saturated rings. The Morgan fingerprint density at radius 3 is 2.44 bits per heavy atom. The largest absolute Gasteiger partial charge is 0.283 e. The molecule has 1 heterocycles. The van der Waals surface area contributed by atoms with Gasteiger partial charge in [0.05, 0.1) is 17.4 Å². The Morgan fingerprint density at radius 1 is 0.889 bits per heavy atom. The van der Waals surface area contributed by atoms with Crippen molar-refractivity contribution in [2.45, 2.75) is 17.5 Å². The van der Waals surface area contributed by atoms with Gasteiger partial charge in [-0.2, -0.15) is 0 Å². The van der Waals surface area contributed by atoms with Gasteiger partial charge in [-0.1, -0.05) is 78.0 Å². The first-order valence-electron chi connectivity index (χ1n) is 8.61. The van der Waals surface area contributed by atoms with Crippen LogP contribution < -0.4 is 5.56 Å². The van der Waals surface area contributed by atoms with Crippen LogP contribution in [-0.4, -0.2) is 9.55 Å². The molecule has 0 radical (unpaired) electrons. The Labute approximate surface area is 166 Å². The number of thioether (sulfide) groups is 1. The minimum Gasteiger partial charge on any atom is -0.283 e. The van der Waals surface area contributed by atoms with Crippen LogP contribution in [0.3, 0.4) is 0 Å². The van der Waals surface area contributed by atoms with E-state index in [9.17, 15) is 4.79 Å². The van der Waals surface area contributed by atoms with Crippen molar-refractivity contribution in [1.82, 2.24) is 9.55 Å². The number of hydrogen-bond donors (Lipinski definition) is 0. The highest BCUT2D eigenvalue weighted by molar-refractivity contribution is 7.98. The molecule has 134 valence electrons. The van der Waals surface area contributed by atoms with Crippen LogP contribution in [0, 0.1) is 0 Å². The number of halogens is 1. The topological polar surface area (TPSA) is 34.9 Å². The molecule has 0 saturated heterocycles. The Balaban J connectivity index is 1.75. The van der Waals surface area contributed by atoms with E-state index in [4.69, 9.17) is 16.6 Å². The number of benzene rings is 3. The molecular formula is C22H17ClN2OS. The maximum atomic E-state index is 13.1. The third-order valence-electron chi connectivity index (χ3n) is 4.27. The summed E-state index contributed by atoms with van der Waals surface area (Å²) in [4.78, 5) is 17.9. The SMILES string of the molecule is O=c1c2ccccc2nc(SCc2cccc(Cl)c2)n1Cc1ccccc1. The smallest absolute Gasteiger partial charge is 0.262 e. The summed E-state index contributed by atoms with van der Waals surface area (Å²) in [5.41, 5.74) is 2.88. The lowest BCUT2D eigenvalue weighted by atomic mass is 10.2. The van der Waals surface area contributed by atoms with Gasteiger partial charge in [0.15, 0.2) is 5.16 Å². The van der Waals surface area contributed by atoms with Crippen LogP contribution in [0.15, 0.2) is 88.8 Å². The summed E-state index contributed by atoms with van der Waals surface area (Å²) in [5, 5.41) is 2.06. The van der Waals surface area contributed by atoms with Crippen molar-refractivity contribution in [3.8, 4) is 0 Å². The fourth-order valence-electron chi connectivity index (χ4n) is 2.94. The first-order valence-corrected chi connectivity index (χ1v) is 9.98. The third-order valence-corrected chi connectivity index (χ3v) is 5.55. The average Bonchev–Trinajstić information content (AvgIpc) is 2.70. The molecule has 0 bridgehead atoms. The highest BCUT2D eigenvalue weighted by Gasteiger charge is 2.12. The van der Waals surface area contributed by atoms with Gasteiger partial charge in [0.25, 0.3) is 5.56 Å². The zero-order chi connectivity index (χ0) is 18.6. The lowest BCUT2D eigenvalue weighted by Crippen LogP contribution is -2.24. The molecule has 3 aromatic carbocycles. The Hall–Kier alpha value is -2.56. The number of hydrogen-bond acceptors (Lipinski definition) is 3. The molecule has 0 saturated carbocycles. The van der Waals surface area contributed by atoms with Crippen LogP contribution >= 0.6 is 23.4 Å². The van der Waals surface area contributed by atoms with Gasteiger partial charge in [-0.05, 0) is 35.4 Å². The van der Waals surface area contributed by atoms with Crippen molar-refractivity contribution in [2.75, 3.05) is 0 Å². The predicted octanol–water partition coefficient (Wildman–Crippen LogP) is 5.39. The lowest BCUT2D eigenvalue weighted by molar-refractivity contribution is 0.658. The summed E-state index contributed by atoms with van der Waals surface area (Å²) in [6.07, 6.45) is 0. The second-order valence-electron chi connectivity index (χ2n) is 6.21. The second-order valence-corrected chi connectivity index (χ2v) is 7.59. The Bertz CT molecular complexity index is 1140. The molecule has 3 nitrogen and oxygen atoms in total. The van der Waals surface area contributed by atoms with Crippen molar-refractivity contribution >= 4 is 34.3 Å². The molecule has 5 heteroatoms. The molecule has 0 unspecified atom stereocenters. The normalized spacial score (nSPS) is 11.0. The predicted molar refractivity (Wildman–Crippen MR) is 113 cm³/mol. The minimum atomic E-state index is -0.0157. The van der Waals surface area contributed by atoms with E-state index < -0.39 is 0 Å². The summed E-state index contributed by atoms with van der Waals surface area (Å²) in [7, 11) is 0. The third kappa shape index (κ3) is 4.07. The molecule has 0 spiro atoms. The summed E-state index contributed by atoms with van der Waals surface area (Å²) < 4.78 is 1.76. The molecule has 0 aliphatic heterocycles. The zero-order valence-corrected chi connectivity index (χ0v) is 16.1. The van der Waals surface area contributed by atoms with Gasteiger partial charge in [0, 0.05) is 10.8 Å². The standard InChI is InChI=1S/C22H17ClN2OS/c23-18-10-6-9-17(13-18)15-27-22-24-20-12-5-4-11-19(20)21(26)25(22)14-16-7-2-1-3-8-16/h1-13H,14-15H2. The van der Waals surface area contributed by atoms with Crippen LogP contribution in [0.25, 0.3) is 10.9 Å². The summed E-state index contributed by atoms with van der Waals surface area (Å²) in [5.74, 6) is 0.695. The Morgan fingerprint density at radius 2 is 1.63 bits per heavy atom. The van der Waals surface area contributed by atoms with Crippen molar-refractivity contribution in [1.29, 1.82) is 0 Å². The van der Waals surface area contributed by atoms with Gasteiger partial charge in [-0.25, -0.2) is 4.98 Å². The maximum absolute atomic E-state index is 13.1. The van der Waals surface area contributed by atoms with Crippen LogP contribution in [0.2, 0.25) is 5.02 Å². The zero-order valence-electron chi connectivity index (χ0n) is 14.5. The van der Waals surface area contributed by atoms with Crippen molar-refractivity contribution < 1.29 is 0 Å². The van der Waals surface area contributed by atoms with E-state index in [2.05, 4.69) is 0 Å². The fourth-order valence-corrected chi connectivity index (χ4v) is 4.09. The number of para-hydroxylation sites is 1. The second kappa shape index (κ2) is 7.99. The van der Waals surface area contributed by atoms with Gasteiger partial charge in [-0.3, -0.25) is 9.36 Å². The molecule has 0 aliphatic carbocycles. The molecule has 1 aromatic heterocycles. The quantitative estimate of drug-likeness (QED) is 0.337. The summed E-state index contributed by atoms with van der Waals surface area (Å²) >= 11 is 7.64. The number of fused-ring (bicyclic) bond motifs is 1. The van der Waals surface area contributed by atoms with Gasteiger partial charge in [0.2, 0.25) is 0 Å². The van der Waals surface area contributed by atoms with Crippen LogP contribution in [-0.2, 0) is 12.3 Å². The minimum absolute atomic E-state index is 0.0157. The van der Waals surface area contributed by atoms with Gasteiger partial charge in [0.1, 0.15) is 0 Å². The first kappa shape index (κ1) is 17.8. The monoisotopic (exact) mass is 392 g/mol. The van der Waals surface area contributed by atoms with E-state index in [0.717, 1.165) is 16.6 Å². The molecular weight excluding hydrogens is 376 g/mol. The maximum Gasteiger partial charge on any atom is 0.262 e. The molecule has 4 aromatic rings. The van der Waals surface area contributed by atoms with E-state index in [0.29, 0.717) is 27.9 Å². The van der Waals surface area contributed by atoms with Crippen molar-refractivity contribution in [2.24, 2.45) is 0 Å². The van der Waals surface area contributed by atoms with E-state index in [1.807, 2.05) is 78.9 Å². The van der Waals surface area contributed by atoms with Gasteiger partial charge in [-0.15, -0.1) is 0 Å². The van der Waals surface area contributed by atoms with Crippen molar-refractivity contribution in [3.63, 3.8) is 0 Å². The number of rotatable bonds is 5. The van der Waals surface area contributed by atoms with Crippen LogP contribution in [0.5, 0.6) is 0 Å². The van der Waals surface area contributed by atoms with E-state index in [1.165, 1.54) is 0 Å². The number of aromatic nitrogens is 2. The van der Waals surface area contributed by atoms with E-state index in [-0.39, 0.29) is 5.56 Å². The highest BCUT2D eigenvalue weighted by Crippen LogP contribution is 2.24. The van der Waals surface area contributed by atoms with Crippen LogP contribution in [0.4, 0.5) is 0 Å². The molecule has 0 amide bonds.